The molecule has 1 heterocycles. The lowest BCUT2D eigenvalue weighted by molar-refractivity contribution is 0.370. The van der Waals surface area contributed by atoms with E-state index in [4.69, 9.17) is 0 Å². The number of hydrogen-bond acceptors (Lipinski definition) is 0. The minimum atomic E-state index is 0.119. The van der Waals surface area contributed by atoms with Crippen molar-refractivity contribution < 1.29 is 0 Å². The van der Waals surface area contributed by atoms with Crippen molar-refractivity contribution in [2.75, 3.05) is 0 Å². The van der Waals surface area contributed by atoms with Gasteiger partial charge in [-0.3, -0.25) is 0 Å². The van der Waals surface area contributed by atoms with Crippen LogP contribution in [-0.2, 0) is 13.0 Å². The fraction of sp³-hybridized carbons (Fsp3) is 0.524. The molecule has 0 radical (unpaired) electrons. The molecule has 118 valence electrons. The minimum Gasteiger partial charge on any atom is -0.341 e. The van der Waals surface area contributed by atoms with Crippen LogP contribution in [0.5, 0.6) is 0 Å². The van der Waals surface area contributed by atoms with E-state index >= 15 is 0 Å². The fourth-order valence-corrected chi connectivity index (χ4v) is 3.76. The van der Waals surface area contributed by atoms with Gasteiger partial charge in [-0.15, -0.1) is 0 Å². The second kappa shape index (κ2) is 5.30. The Labute approximate surface area is 134 Å². The Morgan fingerprint density at radius 1 is 1.18 bits per heavy atom. The molecule has 1 aromatic rings. The molecule has 2 aliphatic rings. The summed E-state index contributed by atoms with van der Waals surface area (Å²) < 4.78 is 2.53. The predicted octanol–water partition coefficient (Wildman–Crippen LogP) is 4.04. The van der Waals surface area contributed by atoms with Gasteiger partial charge in [0.1, 0.15) is 0 Å². The molecular weight excluding hydrogens is 266 g/mol. The number of allylic oxidation sites excluding steroid dienone is 3. The van der Waals surface area contributed by atoms with E-state index in [1.165, 1.54) is 22.7 Å². The van der Waals surface area contributed by atoms with Gasteiger partial charge in [0.25, 0.3) is 0 Å². The Morgan fingerprint density at radius 2 is 1.95 bits per heavy atom. The molecule has 0 aliphatic heterocycles. The molecule has 2 aliphatic carbocycles. The quantitative estimate of drug-likeness (QED) is 0.776. The maximum Gasteiger partial charge on any atom is 0.0484 e. The van der Waals surface area contributed by atoms with Gasteiger partial charge in [-0.2, -0.15) is 0 Å². The van der Waals surface area contributed by atoms with Crippen LogP contribution in [0.15, 0.2) is 18.2 Å². The summed E-state index contributed by atoms with van der Waals surface area (Å²) in [6, 6.07) is 0. The molecule has 0 spiro atoms. The van der Waals surface area contributed by atoms with E-state index in [2.05, 4.69) is 75.6 Å². The highest BCUT2D eigenvalue weighted by molar-refractivity contribution is 5.59. The first-order valence-corrected chi connectivity index (χ1v) is 8.63. The molecule has 22 heavy (non-hydrogen) atoms. The highest BCUT2D eigenvalue weighted by Crippen LogP contribution is 2.31. The van der Waals surface area contributed by atoms with Gasteiger partial charge in [0.15, 0.2) is 0 Å². The van der Waals surface area contributed by atoms with E-state index in [1.54, 1.807) is 5.56 Å². The summed E-state index contributed by atoms with van der Waals surface area (Å²) in [6.07, 6.45) is 17.6. The Kier molecular flexibility index (Phi) is 3.71. The molecule has 1 nitrogen and oxygen atoms in total. The second-order valence-electron chi connectivity index (χ2n) is 8.25. The number of rotatable bonds is 2. The van der Waals surface area contributed by atoms with Crippen molar-refractivity contribution in [2.24, 2.45) is 10.8 Å². The van der Waals surface area contributed by atoms with E-state index in [0.717, 1.165) is 19.4 Å². The second-order valence-corrected chi connectivity index (χ2v) is 8.25. The third kappa shape index (κ3) is 2.74. The number of aromatic nitrogens is 1. The maximum atomic E-state index is 2.53. The highest BCUT2D eigenvalue weighted by atomic mass is 15.0. The third-order valence-electron chi connectivity index (χ3n) is 4.84. The van der Waals surface area contributed by atoms with Crippen molar-refractivity contribution in [1.29, 1.82) is 0 Å². The van der Waals surface area contributed by atoms with Gasteiger partial charge < -0.3 is 4.57 Å². The molecular formula is C21H29N. The lowest BCUT2D eigenvalue weighted by Crippen LogP contribution is -2.32. The maximum absolute atomic E-state index is 2.53. The van der Waals surface area contributed by atoms with Crippen LogP contribution in [-0.4, -0.2) is 4.57 Å². The monoisotopic (exact) mass is 295 g/mol. The highest BCUT2D eigenvalue weighted by Gasteiger charge is 2.25. The van der Waals surface area contributed by atoms with Crippen molar-refractivity contribution in [3.63, 3.8) is 0 Å². The van der Waals surface area contributed by atoms with Gasteiger partial charge in [-0.25, -0.2) is 0 Å². The first-order chi connectivity index (χ1) is 10.3. The normalized spacial score (nSPS) is 21.1. The lowest BCUT2D eigenvalue weighted by Gasteiger charge is -2.21. The molecule has 0 atom stereocenters. The van der Waals surface area contributed by atoms with E-state index in [0.29, 0.717) is 5.41 Å². The first kappa shape index (κ1) is 15.4. The Hall–Kier alpha value is -1.50. The van der Waals surface area contributed by atoms with Crippen molar-refractivity contribution in [2.45, 2.75) is 60.4 Å². The molecule has 0 bridgehead atoms. The van der Waals surface area contributed by atoms with Crippen LogP contribution in [0.2, 0.25) is 0 Å². The van der Waals surface area contributed by atoms with Crippen molar-refractivity contribution in [1.82, 2.24) is 4.57 Å². The van der Waals surface area contributed by atoms with Crippen molar-refractivity contribution in [3.8, 4) is 0 Å². The van der Waals surface area contributed by atoms with Gasteiger partial charge in [0.05, 0.1) is 0 Å². The van der Waals surface area contributed by atoms with E-state index in [-0.39, 0.29) is 5.41 Å². The molecule has 3 rings (SSSR count). The molecule has 0 saturated heterocycles. The van der Waals surface area contributed by atoms with Gasteiger partial charge in [0, 0.05) is 28.2 Å². The van der Waals surface area contributed by atoms with Gasteiger partial charge in [-0.05, 0) is 42.4 Å². The molecule has 0 N–H and O–H groups in total. The summed E-state index contributed by atoms with van der Waals surface area (Å²) in [7, 11) is 0. The summed E-state index contributed by atoms with van der Waals surface area (Å²) in [5.41, 5.74) is 3.45. The van der Waals surface area contributed by atoms with Crippen LogP contribution in [0, 0.1) is 10.8 Å². The van der Waals surface area contributed by atoms with Crippen LogP contribution < -0.4 is 10.6 Å². The molecule has 0 amide bonds. The number of hydrogen-bond donors (Lipinski definition) is 0. The predicted molar refractivity (Wildman–Crippen MR) is 97.0 cm³/mol. The van der Waals surface area contributed by atoms with Gasteiger partial charge >= 0.3 is 0 Å². The van der Waals surface area contributed by atoms with Crippen LogP contribution >= 0.6 is 0 Å². The molecule has 0 fully saturated rings. The van der Waals surface area contributed by atoms with Crippen LogP contribution in [0.4, 0.5) is 0 Å². The molecule has 0 aromatic carbocycles. The standard InChI is InChI=1S/C21H29N/c1-6-13-22-18-9-7-11-20(2,3)14-16(18)17-15-21(4,5)12-8-10-19(17)22/h7-11,14H,6,12-13,15H2,1-5H3. The van der Waals surface area contributed by atoms with Crippen molar-refractivity contribution in [3.05, 3.63) is 40.1 Å². The Morgan fingerprint density at radius 3 is 2.68 bits per heavy atom. The summed E-state index contributed by atoms with van der Waals surface area (Å²) >= 11 is 0. The number of nitrogens with zero attached hydrogens (tertiary/aromatic N) is 1. The van der Waals surface area contributed by atoms with E-state index < -0.39 is 0 Å². The lowest BCUT2D eigenvalue weighted by atomic mass is 9.83. The van der Waals surface area contributed by atoms with E-state index in [1.807, 2.05) is 0 Å². The minimum absolute atomic E-state index is 0.119. The summed E-state index contributed by atoms with van der Waals surface area (Å²) in [6.45, 7) is 12.7. The average Bonchev–Trinajstić information content (AvgIpc) is 2.57. The Balaban J connectivity index is 2.36. The molecule has 1 aromatic heterocycles. The van der Waals surface area contributed by atoms with Gasteiger partial charge in [-0.1, -0.05) is 58.9 Å². The number of fused-ring (bicyclic) bond motifs is 3. The SMILES string of the molecule is CCCn1c2c(c3c1=CC=CC(C)(C)C=3)CC(C)(C)CC=C2. The van der Waals surface area contributed by atoms with Gasteiger partial charge in [0.2, 0.25) is 0 Å². The summed E-state index contributed by atoms with van der Waals surface area (Å²) in [5.74, 6) is 0. The molecule has 0 unspecified atom stereocenters. The molecule has 0 saturated carbocycles. The molecule has 1 heteroatoms. The zero-order valence-electron chi connectivity index (χ0n) is 14.7. The third-order valence-corrected chi connectivity index (χ3v) is 4.84. The fourth-order valence-electron chi connectivity index (χ4n) is 3.76. The van der Waals surface area contributed by atoms with E-state index in [9.17, 15) is 0 Å². The largest absolute Gasteiger partial charge is 0.341 e. The van der Waals surface area contributed by atoms with Crippen molar-refractivity contribution >= 4 is 18.2 Å². The topological polar surface area (TPSA) is 4.93 Å². The summed E-state index contributed by atoms with van der Waals surface area (Å²) in [4.78, 5) is 0. The van der Waals surface area contributed by atoms with Crippen LogP contribution in [0.25, 0.3) is 18.2 Å². The average molecular weight is 295 g/mol. The van der Waals surface area contributed by atoms with Crippen LogP contribution in [0.1, 0.15) is 58.7 Å². The zero-order chi connectivity index (χ0) is 16.0. The van der Waals surface area contributed by atoms with Crippen LogP contribution in [0.3, 0.4) is 0 Å². The first-order valence-electron chi connectivity index (χ1n) is 8.63. The summed E-state index contributed by atoms with van der Waals surface area (Å²) in [5, 5.41) is 2.87. The Bertz CT molecular complexity index is 751. The zero-order valence-corrected chi connectivity index (χ0v) is 14.7. The smallest absolute Gasteiger partial charge is 0.0484 e.